The molecule has 0 saturated heterocycles. The molecule has 2 aromatic carbocycles. The summed E-state index contributed by atoms with van der Waals surface area (Å²) in [5.74, 6) is 1.05. The summed E-state index contributed by atoms with van der Waals surface area (Å²) in [6.07, 6.45) is 4.11. The lowest BCUT2D eigenvalue weighted by Gasteiger charge is -2.28. The Labute approximate surface area is 216 Å². The molecule has 0 amide bonds. The second kappa shape index (κ2) is 12.6. The Morgan fingerprint density at radius 3 is 2.53 bits per heavy atom. The number of hydrogen-bond acceptors (Lipinski definition) is 6. The van der Waals surface area contributed by atoms with E-state index < -0.39 is 5.97 Å². The van der Waals surface area contributed by atoms with Crippen LogP contribution in [-0.2, 0) is 16.1 Å². The number of hydrogen-bond donors (Lipinski definition) is 1. The molecule has 0 atom stereocenters. The van der Waals surface area contributed by atoms with Crippen molar-refractivity contribution in [3.63, 3.8) is 0 Å². The van der Waals surface area contributed by atoms with Gasteiger partial charge in [-0.1, -0.05) is 54.2 Å². The Kier molecular flexibility index (Phi) is 9.04. The molecule has 1 heterocycles. The molecule has 1 saturated carbocycles. The van der Waals surface area contributed by atoms with E-state index in [0.717, 1.165) is 65.4 Å². The Hall–Kier alpha value is -3.28. The molecule has 1 aliphatic rings. The molecule has 0 aliphatic heterocycles. The number of methoxy groups -OCH3 is 1. The molecule has 0 spiro atoms. The Bertz CT molecular complexity index is 1200. The van der Waals surface area contributed by atoms with Crippen LogP contribution in [0.1, 0.15) is 25.7 Å². The fourth-order valence-electron chi connectivity index (χ4n) is 4.79. The summed E-state index contributed by atoms with van der Waals surface area (Å²) in [4.78, 5) is 10.7. The molecule has 1 fully saturated rings. The van der Waals surface area contributed by atoms with Crippen molar-refractivity contribution in [1.82, 2.24) is 9.78 Å². The lowest BCUT2D eigenvalue weighted by atomic mass is 9.82. The molecule has 36 heavy (non-hydrogen) atoms. The molecular formula is C28H31N3O4S. The van der Waals surface area contributed by atoms with E-state index in [1.807, 2.05) is 36.4 Å². The monoisotopic (exact) mass is 505 g/mol. The van der Waals surface area contributed by atoms with Gasteiger partial charge in [0.05, 0.1) is 25.5 Å². The minimum absolute atomic E-state index is 0.234. The van der Waals surface area contributed by atoms with E-state index in [4.69, 9.17) is 19.7 Å². The Balaban J connectivity index is 1.62. The van der Waals surface area contributed by atoms with Crippen molar-refractivity contribution in [3.05, 3.63) is 54.6 Å². The first-order valence-corrected chi connectivity index (χ1v) is 13.2. The molecular weight excluding hydrogens is 474 g/mol. The largest absolute Gasteiger partial charge is 0.497 e. The average Bonchev–Trinajstić information content (AvgIpc) is 3.26. The van der Waals surface area contributed by atoms with Crippen molar-refractivity contribution in [2.24, 2.45) is 11.8 Å². The van der Waals surface area contributed by atoms with E-state index in [1.165, 1.54) is 11.8 Å². The van der Waals surface area contributed by atoms with Crippen LogP contribution in [0.15, 0.2) is 59.6 Å². The van der Waals surface area contributed by atoms with Crippen LogP contribution >= 0.6 is 11.8 Å². The van der Waals surface area contributed by atoms with Crippen LogP contribution in [0.4, 0.5) is 0 Å². The van der Waals surface area contributed by atoms with Gasteiger partial charge < -0.3 is 14.6 Å². The number of carbonyl (C=O) groups is 1. The number of aliphatic carboxylic acids is 1. The smallest absolute Gasteiger partial charge is 0.329 e. The van der Waals surface area contributed by atoms with Gasteiger partial charge in [0.25, 0.3) is 0 Å². The summed E-state index contributed by atoms with van der Waals surface area (Å²) in [6.45, 7) is 1.05. The highest BCUT2D eigenvalue weighted by atomic mass is 32.2. The maximum atomic E-state index is 10.7. The third-order valence-electron chi connectivity index (χ3n) is 6.56. The van der Waals surface area contributed by atoms with E-state index in [-0.39, 0.29) is 6.61 Å². The lowest BCUT2D eigenvalue weighted by molar-refractivity contribution is -0.142. The summed E-state index contributed by atoms with van der Waals surface area (Å²) in [5.41, 5.74) is 3.97. The number of nitrogens with zero attached hydrogens (tertiary/aromatic N) is 3. The molecule has 1 N–H and O–H groups in total. The number of rotatable bonds is 11. The van der Waals surface area contributed by atoms with Gasteiger partial charge in [-0.25, -0.2) is 4.79 Å². The normalized spacial score (nSPS) is 17.4. The lowest BCUT2D eigenvalue weighted by Crippen LogP contribution is -2.23. The first-order chi connectivity index (χ1) is 17.6. The second-order valence-corrected chi connectivity index (χ2v) is 10.0. The zero-order chi connectivity index (χ0) is 25.3. The minimum Gasteiger partial charge on any atom is -0.497 e. The first-order valence-electron chi connectivity index (χ1n) is 12.2. The number of nitriles is 1. The summed E-state index contributed by atoms with van der Waals surface area (Å²) in [5, 5.41) is 24.3. The molecule has 0 radical (unpaired) electrons. The van der Waals surface area contributed by atoms with Crippen LogP contribution in [0, 0.1) is 23.2 Å². The van der Waals surface area contributed by atoms with Crippen molar-refractivity contribution in [2.45, 2.75) is 37.3 Å². The Morgan fingerprint density at radius 1 is 1.11 bits per heavy atom. The summed E-state index contributed by atoms with van der Waals surface area (Å²) in [7, 11) is 1.66. The fraction of sp³-hybridized carbons (Fsp3) is 0.393. The van der Waals surface area contributed by atoms with Crippen molar-refractivity contribution in [2.75, 3.05) is 26.1 Å². The molecule has 7 nitrogen and oxygen atoms in total. The van der Waals surface area contributed by atoms with Gasteiger partial charge >= 0.3 is 5.97 Å². The van der Waals surface area contributed by atoms with Crippen molar-refractivity contribution in [1.29, 1.82) is 5.26 Å². The zero-order valence-electron chi connectivity index (χ0n) is 20.4. The molecule has 1 aliphatic carbocycles. The number of aromatic nitrogens is 2. The second-order valence-electron chi connectivity index (χ2n) is 9.05. The van der Waals surface area contributed by atoms with Gasteiger partial charge in [0.15, 0.2) is 0 Å². The highest BCUT2D eigenvalue weighted by Crippen LogP contribution is 2.41. The third kappa shape index (κ3) is 6.48. The highest BCUT2D eigenvalue weighted by Gasteiger charge is 2.26. The van der Waals surface area contributed by atoms with E-state index in [1.54, 1.807) is 7.11 Å². The standard InChI is InChI=1S/C28H31N3O4S/c1-34-24-9-5-8-23(16-24)26-27(22-6-3-2-4-7-22)30-31(28(26)36-15-14-29)17-20-10-12-21(13-11-20)18-35-19-25(32)33/h2-9,16,20-21H,10-13,15,17-19H2,1H3,(H,32,33)/t20-,21+. The van der Waals surface area contributed by atoms with E-state index in [9.17, 15) is 10.1 Å². The quantitative estimate of drug-likeness (QED) is 0.331. The van der Waals surface area contributed by atoms with Gasteiger partial charge in [-0.3, -0.25) is 4.68 Å². The number of benzene rings is 2. The van der Waals surface area contributed by atoms with Gasteiger partial charge in [-0.15, -0.1) is 0 Å². The van der Waals surface area contributed by atoms with Gasteiger partial charge in [0.2, 0.25) is 0 Å². The maximum absolute atomic E-state index is 10.7. The van der Waals surface area contributed by atoms with Crippen LogP contribution in [-0.4, -0.2) is 46.9 Å². The predicted octanol–water partition coefficient (Wildman–Crippen LogP) is 5.75. The van der Waals surface area contributed by atoms with Gasteiger partial charge in [-0.2, -0.15) is 10.4 Å². The average molecular weight is 506 g/mol. The molecule has 4 rings (SSSR count). The molecule has 188 valence electrons. The topological polar surface area (TPSA) is 97.4 Å². The first kappa shape index (κ1) is 25.8. The molecule has 8 heteroatoms. The fourth-order valence-corrected chi connectivity index (χ4v) is 5.62. The van der Waals surface area contributed by atoms with Crippen LogP contribution in [0.3, 0.4) is 0 Å². The number of ether oxygens (including phenoxy) is 2. The summed E-state index contributed by atoms with van der Waals surface area (Å²) < 4.78 is 12.9. The number of carboxylic acids is 1. The summed E-state index contributed by atoms with van der Waals surface area (Å²) in [6, 6.07) is 20.4. The van der Waals surface area contributed by atoms with Crippen LogP contribution in [0.2, 0.25) is 0 Å². The SMILES string of the molecule is COc1cccc(-c2c(-c3ccccc3)nn(C[C@H]3CC[C@@H](COCC(=O)O)CC3)c2SCC#N)c1. The molecule has 3 aromatic rings. The number of thioether (sulfide) groups is 1. The van der Waals surface area contributed by atoms with Crippen LogP contribution in [0.5, 0.6) is 5.75 Å². The van der Waals surface area contributed by atoms with Crippen LogP contribution in [0.25, 0.3) is 22.4 Å². The highest BCUT2D eigenvalue weighted by molar-refractivity contribution is 7.99. The van der Waals surface area contributed by atoms with E-state index in [0.29, 0.717) is 24.2 Å². The van der Waals surface area contributed by atoms with E-state index in [2.05, 4.69) is 29.0 Å². The molecule has 0 bridgehead atoms. The van der Waals surface area contributed by atoms with Crippen LogP contribution < -0.4 is 4.74 Å². The maximum Gasteiger partial charge on any atom is 0.329 e. The predicted molar refractivity (Wildman–Crippen MR) is 140 cm³/mol. The van der Waals surface area contributed by atoms with Gasteiger partial charge in [0.1, 0.15) is 23.1 Å². The molecule has 0 unspecified atom stereocenters. The van der Waals surface area contributed by atoms with Crippen molar-refractivity contribution >= 4 is 17.7 Å². The Morgan fingerprint density at radius 2 is 1.83 bits per heavy atom. The third-order valence-corrected chi connectivity index (χ3v) is 7.52. The number of carboxylic acid groups (broad SMARTS) is 1. The van der Waals surface area contributed by atoms with E-state index >= 15 is 0 Å². The van der Waals surface area contributed by atoms with Crippen molar-refractivity contribution in [3.8, 4) is 34.2 Å². The molecule has 1 aromatic heterocycles. The zero-order valence-corrected chi connectivity index (χ0v) is 21.2. The summed E-state index contributed by atoms with van der Waals surface area (Å²) >= 11 is 1.52. The van der Waals surface area contributed by atoms with Crippen molar-refractivity contribution < 1.29 is 19.4 Å². The van der Waals surface area contributed by atoms with Gasteiger partial charge in [0, 0.05) is 17.7 Å². The minimum atomic E-state index is -0.925. The van der Waals surface area contributed by atoms with Gasteiger partial charge in [-0.05, 0) is 55.2 Å².